The van der Waals surface area contributed by atoms with E-state index in [0.29, 0.717) is 68.9 Å². The third-order valence-corrected chi connectivity index (χ3v) is 8.94. The van der Waals surface area contributed by atoms with Gasteiger partial charge in [0.25, 0.3) is 0 Å². The van der Waals surface area contributed by atoms with Crippen molar-refractivity contribution in [1.82, 2.24) is 30.4 Å². The normalized spacial score (nSPS) is 15.0. The van der Waals surface area contributed by atoms with Gasteiger partial charge in [0.15, 0.2) is 5.13 Å². The molecule has 1 aliphatic rings. The van der Waals surface area contributed by atoms with Crippen LogP contribution in [0.1, 0.15) is 66.0 Å². The van der Waals surface area contributed by atoms with E-state index in [2.05, 4.69) is 56.5 Å². The van der Waals surface area contributed by atoms with Crippen LogP contribution in [-0.4, -0.2) is 103 Å². The second kappa shape index (κ2) is 16.7. The molecule has 0 aromatic carbocycles. The average molecular weight is 652 g/mol. The molecule has 12 nitrogen and oxygen atoms in total. The standard InChI is InChI=1S/C30H49N7O5S2/c1-29(2,3)22-16-33-24(41-22)20-43-26-18-34-28(44-26)35-27(40)21-8-12-37(13-9-21)19-23(38)32-11-15-36(7)14-10-31-17-25(39)42-30(4,5)6/h16,18,21,31H,8-15,17,19-20H2,1-7H3,(H,32,38)(H,34,35,40). The molecule has 1 aliphatic heterocycles. The Labute approximate surface area is 269 Å². The van der Waals surface area contributed by atoms with Gasteiger partial charge >= 0.3 is 5.97 Å². The zero-order valence-electron chi connectivity index (χ0n) is 27.2. The van der Waals surface area contributed by atoms with E-state index in [4.69, 9.17) is 9.15 Å². The predicted octanol–water partition coefficient (Wildman–Crippen LogP) is 3.35. The van der Waals surface area contributed by atoms with E-state index >= 15 is 0 Å². The fourth-order valence-electron chi connectivity index (χ4n) is 4.40. The van der Waals surface area contributed by atoms with Gasteiger partial charge in [-0.3, -0.25) is 19.3 Å². The Bertz CT molecular complexity index is 1210. The van der Waals surface area contributed by atoms with E-state index in [1.54, 1.807) is 24.2 Å². The van der Waals surface area contributed by atoms with Gasteiger partial charge in [0.05, 0.1) is 35.4 Å². The number of aromatic nitrogens is 2. The van der Waals surface area contributed by atoms with E-state index in [0.717, 1.165) is 16.5 Å². The monoisotopic (exact) mass is 651 g/mol. The van der Waals surface area contributed by atoms with Crippen molar-refractivity contribution in [2.75, 3.05) is 64.7 Å². The average Bonchev–Trinajstić information content (AvgIpc) is 3.59. The molecule has 3 N–H and O–H groups in total. The second-order valence-electron chi connectivity index (χ2n) is 13.1. The lowest BCUT2D eigenvalue weighted by atomic mass is 9.94. The molecule has 0 spiro atoms. The Hall–Kier alpha value is -2.52. The number of anilines is 1. The zero-order chi connectivity index (χ0) is 32.3. The van der Waals surface area contributed by atoms with E-state index < -0.39 is 5.60 Å². The first-order valence-electron chi connectivity index (χ1n) is 15.1. The molecular formula is C30H49N7O5S2. The number of thioether (sulfide) groups is 1. The lowest BCUT2D eigenvalue weighted by Crippen LogP contribution is -2.44. The van der Waals surface area contributed by atoms with Crippen LogP contribution in [0.25, 0.3) is 0 Å². The number of carbonyl (C=O) groups is 3. The summed E-state index contributed by atoms with van der Waals surface area (Å²) >= 11 is 3.03. The number of carbonyl (C=O) groups excluding carboxylic acids is 3. The SMILES string of the molecule is CN(CCNCC(=O)OC(C)(C)C)CCNC(=O)CN1CCC(C(=O)Nc2ncc(SCc3ncc(C(C)(C)C)o3)s2)CC1. The summed E-state index contributed by atoms with van der Waals surface area (Å²) in [7, 11) is 1.98. The number of hydrogen-bond donors (Lipinski definition) is 3. The van der Waals surface area contributed by atoms with Crippen LogP contribution in [0.15, 0.2) is 21.0 Å². The molecule has 2 amide bonds. The number of hydrogen-bond acceptors (Lipinski definition) is 12. The third kappa shape index (κ3) is 13.2. The molecule has 1 fully saturated rings. The van der Waals surface area contributed by atoms with Crippen molar-refractivity contribution >= 4 is 46.0 Å². The fourth-order valence-corrected chi connectivity index (χ4v) is 6.12. The lowest BCUT2D eigenvalue weighted by molar-refractivity contribution is -0.153. The van der Waals surface area contributed by atoms with Gasteiger partial charge in [0.1, 0.15) is 11.4 Å². The number of amides is 2. The minimum absolute atomic E-state index is 0.0171. The molecule has 0 unspecified atom stereocenters. The van der Waals surface area contributed by atoms with Crippen molar-refractivity contribution in [2.24, 2.45) is 5.92 Å². The molecule has 0 saturated carbocycles. The van der Waals surface area contributed by atoms with Gasteiger partial charge in [-0.2, -0.15) is 0 Å². The van der Waals surface area contributed by atoms with Crippen LogP contribution >= 0.6 is 23.1 Å². The van der Waals surface area contributed by atoms with Gasteiger partial charge in [0, 0.05) is 37.5 Å². The maximum Gasteiger partial charge on any atom is 0.320 e. The summed E-state index contributed by atoms with van der Waals surface area (Å²) in [6.07, 6.45) is 4.95. The van der Waals surface area contributed by atoms with Crippen LogP contribution < -0.4 is 16.0 Å². The van der Waals surface area contributed by atoms with Crippen molar-refractivity contribution in [1.29, 1.82) is 0 Å². The number of likely N-dealkylation sites (tertiary alicyclic amines) is 1. The number of piperidine rings is 1. The summed E-state index contributed by atoms with van der Waals surface area (Å²) in [6, 6.07) is 0. The van der Waals surface area contributed by atoms with E-state index in [-0.39, 0.29) is 35.7 Å². The van der Waals surface area contributed by atoms with Gasteiger partial charge in [-0.15, -0.1) is 11.8 Å². The van der Waals surface area contributed by atoms with Crippen molar-refractivity contribution < 1.29 is 23.5 Å². The minimum atomic E-state index is -0.484. The van der Waals surface area contributed by atoms with Gasteiger partial charge in [-0.1, -0.05) is 32.1 Å². The summed E-state index contributed by atoms with van der Waals surface area (Å²) in [5.41, 5.74) is -0.563. The number of likely N-dealkylation sites (N-methyl/N-ethyl adjacent to an activating group) is 1. The first-order valence-corrected chi connectivity index (χ1v) is 16.9. The summed E-state index contributed by atoms with van der Waals surface area (Å²) in [5, 5.41) is 9.62. The highest BCUT2D eigenvalue weighted by Crippen LogP contribution is 2.32. The van der Waals surface area contributed by atoms with E-state index in [9.17, 15) is 14.4 Å². The Morgan fingerprint density at radius 1 is 1.09 bits per heavy atom. The number of thiazole rings is 1. The molecular weight excluding hydrogens is 603 g/mol. The smallest absolute Gasteiger partial charge is 0.320 e. The highest BCUT2D eigenvalue weighted by molar-refractivity contribution is 8.00. The molecule has 1 saturated heterocycles. The third-order valence-electron chi connectivity index (χ3n) is 6.85. The maximum atomic E-state index is 12.9. The Kier molecular flexibility index (Phi) is 13.6. The molecule has 2 aromatic rings. The molecule has 0 atom stereocenters. The van der Waals surface area contributed by atoms with Crippen molar-refractivity contribution in [2.45, 2.75) is 75.4 Å². The largest absolute Gasteiger partial charge is 0.459 e. The molecule has 246 valence electrons. The Morgan fingerprint density at radius 2 is 1.80 bits per heavy atom. The molecule has 0 bridgehead atoms. The van der Waals surface area contributed by atoms with Crippen LogP contribution in [0.3, 0.4) is 0 Å². The topological polar surface area (TPSA) is 142 Å². The van der Waals surface area contributed by atoms with Crippen LogP contribution in [0.2, 0.25) is 0 Å². The first-order chi connectivity index (χ1) is 20.7. The number of nitrogens with one attached hydrogen (secondary N) is 3. The summed E-state index contributed by atoms with van der Waals surface area (Å²) in [4.78, 5) is 50.0. The summed E-state index contributed by atoms with van der Waals surface area (Å²) in [5.74, 6) is 1.73. The first kappa shape index (κ1) is 36.0. The van der Waals surface area contributed by atoms with Crippen molar-refractivity contribution in [3.05, 3.63) is 24.0 Å². The second-order valence-corrected chi connectivity index (χ2v) is 15.4. The van der Waals surface area contributed by atoms with Gasteiger partial charge in [-0.25, -0.2) is 9.97 Å². The summed E-state index contributed by atoms with van der Waals surface area (Å²) < 4.78 is 12.1. The van der Waals surface area contributed by atoms with Crippen LogP contribution in [0.5, 0.6) is 0 Å². The van der Waals surface area contributed by atoms with E-state index in [1.165, 1.54) is 11.3 Å². The van der Waals surface area contributed by atoms with Crippen molar-refractivity contribution in [3.8, 4) is 0 Å². The maximum absolute atomic E-state index is 12.9. The lowest BCUT2D eigenvalue weighted by Gasteiger charge is -2.30. The quantitative estimate of drug-likeness (QED) is 0.148. The van der Waals surface area contributed by atoms with E-state index in [1.807, 2.05) is 27.8 Å². The highest BCUT2D eigenvalue weighted by Gasteiger charge is 2.27. The summed E-state index contributed by atoms with van der Waals surface area (Å²) in [6.45, 7) is 16.3. The number of oxazole rings is 1. The van der Waals surface area contributed by atoms with Crippen LogP contribution in [-0.2, 0) is 30.3 Å². The Balaban J connectivity index is 1.26. The fraction of sp³-hybridized carbons (Fsp3) is 0.700. The van der Waals surface area contributed by atoms with Crippen LogP contribution in [0.4, 0.5) is 5.13 Å². The van der Waals surface area contributed by atoms with Gasteiger partial charge in [0.2, 0.25) is 17.7 Å². The predicted molar refractivity (Wildman–Crippen MR) is 174 cm³/mol. The molecule has 0 aliphatic carbocycles. The number of nitrogens with zero attached hydrogens (tertiary/aromatic N) is 4. The molecule has 3 rings (SSSR count). The number of esters is 1. The number of rotatable bonds is 15. The van der Waals surface area contributed by atoms with Gasteiger partial charge < -0.3 is 30.0 Å². The molecule has 14 heteroatoms. The zero-order valence-corrected chi connectivity index (χ0v) is 28.8. The molecule has 3 heterocycles. The molecule has 2 aromatic heterocycles. The van der Waals surface area contributed by atoms with Crippen LogP contribution in [0, 0.1) is 5.92 Å². The molecule has 44 heavy (non-hydrogen) atoms. The van der Waals surface area contributed by atoms with Crippen molar-refractivity contribution in [3.63, 3.8) is 0 Å². The minimum Gasteiger partial charge on any atom is -0.459 e. The number of ether oxygens (including phenoxy) is 1. The highest BCUT2D eigenvalue weighted by atomic mass is 32.2. The van der Waals surface area contributed by atoms with Gasteiger partial charge in [-0.05, 0) is 53.8 Å². The molecule has 0 radical (unpaired) electrons. The Morgan fingerprint density at radius 3 is 2.45 bits per heavy atom.